The van der Waals surface area contributed by atoms with Crippen molar-refractivity contribution < 1.29 is 8.85 Å². The van der Waals surface area contributed by atoms with Crippen LogP contribution in [0, 0.1) is 35.0 Å². The largest absolute Gasteiger partial charge is 0.413 e. The van der Waals surface area contributed by atoms with E-state index in [0.717, 1.165) is 18.8 Å². The zero-order chi connectivity index (χ0) is 33.5. The van der Waals surface area contributed by atoms with Crippen molar-refractivity contribution in [3.63, 3.8) is 0 Å². The fraction of sp³-hybridized carbons (Fsp3) is 0.800. The van der Waals surface area contributed by atoms with Crippen LogP contribution in [-0.2, 0) is 8.85 Å². The van der Waals surface area contributed by atoms with Gasteiger partial charge in [0.2, 0.25) is 0 Å². The van der Waals surface area contributed by atoms with Gasteiger partial charge in [-0.3, -0.25) is 0 Å². The van der Waals surface area contributed by atoms with E-state index in [9.17, 15) is 0 Å². The molecule has 3 rings (SSSR count). The Hall–Kier alpha value is -0.686. The average Bonchev–Trinajstić information content (AvgIpc) is 3.23. The molecule has 0 aromatic heterocycles. The van der Waals surface area contributed by atoms with E-state index in [1.54, 1.807) is 5.57 Å². The number of hydrogen-bond donors (Lipinski definition) is 0. The average molecular weight is 641 g/mol. The molecule has 3 fully saturated rings. The van der Waals surface area contributed by atoms with Crippen molar-refractivity contribution in [1.29, 1.82) is 0 Å². The lowest BCUT2D eigenvalue weighted by molar-refractivity contribution is 0.0969. The second kappa shape index (κ2) is 13.8. The molecule has 252 valence electrons. The molecule has 2 nitrogen and oxygen atoms in total. The molecule has 44 heavy (non-hydrogen) atoms. The van der Waals surface area contributed by atoms with E-state index < -0.39 is 16.6 Å². The summed E-state index contributed by atoms with van der Waals surface area (Å²) < 4.78 is 14.2. The molecule has 0 spiro atoms. The topological polar surface area (TPSA) is 18.5 Å². The van der Waals surface area contributed by atoms with E-state index in [-0.39, 0.29) is 22.3 Å². The predicted molar refractivity (Wildman–Crippen MR) is 199 cm³/mol. The molecule has 0 amide bonds. The highest BCUT2D eigenvalue weighted by Gasteiger charge is 2.50. The maximum absolute atomic E-state index is 7.09. The van der Waals surface area contributed by atoms with Crippen molar-refractivity contribution in [2.75, 3.05) is 0 Å². The second-order valence-electron chi connectivity index (χ2n) is 18.7. The van der Waals surface area contributed by atoms with Gasteiger partial charge in [0, 0.05) is 6.42 Å². The molecule has 0 radical (unpaired) electrons. The third-order valence-corrected chi connectivity index (χ3v) is 22.2. The predicted octanol–water partition coefficient (Wildman–Crippen LogP) is 12.7. The van der Waals surface area contributed by atoms with Crippen LogP contribution in [0.1, 0.15) is 121 Å². The minimum absolute atomic E-state index is 0.0393. The number of fused-ring (bicyclic) bond motifs is 1. The van der Waals surface area contributed by atoms with Crippen molar-refractivity contribution in [3.05, 3.63) is 47.6 Å². The van der Waals surface area contributed by atoms with Crippen LogP contribution in [-0.4, -0.2) is 28.8 Å². The van der Waals surface area contributed by atoms with Crippen molar-refractivity contribution in [1.82, 2.24) is 0 Å². The molecule has 7 atom stereocenters. The van der Waals surface area contributed by atoms with Gasteiger partial charge < -0.3 is 8.85 Å². The first-order valence-corrected chi connectivity index (χ1v) is 23.9. The third kappa shape index (κ3) is 8.42. The molecule has 3 saturated carbocycles. The van der Waals surface area contributed by atoms with Crippen molar-refractivity contribution in [3.8, 4) is 0 Å². The van der Waals surface area contributed by atoms with Gasteiger partial charge in [-0.15, -0.1) is 0 Å². The molecule has 0 unspecified atom stereocenters. The molecular formula is C40H72O2Si2. The quantitative estimate of drug-likeness (QED) is 0.184. The lowest BCUT2D eigenvalue weighted by Gasteiger charge is -2.45. The Morgan fingerprint density at radius 3 is 2.02 bits per heavy atom. The van der Waals surface area contributed by atoms with Gasteiger partial charge in [-0.2, -0.15) is 0 Å². The van der Waals surface area contributed by atoms with Gasteiger partial charge in [0.15, 0.2) is 16.6 Å². The second-order valence-corrected chi connectivity index (χ2v) is 28.2. The summed E-state index contributed by atoms with van der Waals surface area (Å²) in [5.41, 5.74) is 4.64. The molecule has 3 aliphatic carbocycles. The molecule has 0 heterocycles. The summed E-state index contributed by atoms with van der Waals surface area (Å²) >= 11 is 0. The Bertz CT molecular complexity index is 1100. The first-order valence-electron chi connectivity index (χ1n) is 18.1. The van der Waals surface area contributed by atoms with Crippen molar-refractivity contribution in [2.45, 2.75) is 170 Å². The van der Waals surface area contributed by atoms with Crippen molar-refractivity contribution in [2.24, 2.45) is 35.0 Å². The fourth-order valence-corrected chi connectivity index (χ4v) is 10.3. The van der Waals surface area contributed by atoms with Crippen LogP contribution in [0.3, 0.4) is 0 Å². The number of allylic oxidation sites excluding steroid dienone is 5. The molecule has 0 saturated heterocycles. The van der Waals surface area contributed by atoms with Crippen LogP contribution in [0.2, 0.25) is 36.3 Å². The minimum atomic E-state index is -1.96. The number of rotatable bonds is 9. The Morgan fingerprint density at radius 2 is 1.45 bits per heavy atom. The fourth-order valence-electron chi connectivity index (χ4n) is 7.62. The Kier molecular flexibility index (Phi) is 11.9. The summed E-state index contributed by atoms with van der Waals surface area (Å²) in [7, 11) is -3.88. The Balaban J connectivity index is 1.90. The summed E-state index contributed by atoms with van der Waals surface area (Å²) in [6.45, 7) is 40.5. The minimum Gasteiger partial charge on any atom is -0.413 e. The first-order chi connectivity index (χ1) is 20.0. The monoisotopic (exact) mass is 641 g/mol. The van der Waals surface area contributed by atoms with E-state index >= 15 is 0 Å². The normalized spacial score (nSPS) is 32.6. The van der Waals surface area contributed by atoms with E-state index in [0.29, 0.717) is 29.1 Å². The van der Waals surface area contributed by atoms with Gasteiger partial charge in [-0.1, -0.05) is 113 Å². The van der Waals surface area contributed by atoms with E-state index in [2.05, 4.69) is 127 Å². The van der Waals surface area contributed by atoms with Crippen LogP contribution in [0.5, 0.6) is 0 Å². The van der Waals surface area contributed by atoms with Gasteiger partial charge in [0.1, 0.15) is 0 Å². The van der Waals surface area contributed by atoms with Crippen LogP contribution in [0.25, 0.3) is 0 Å². The smallest absolute Gasteiger partial charge is 0.192 e. The lowest BCUT2D eigenvalue weighted by Crippen LogP contribution is -2.49. The maximum atomic E-state index is 7.09. The summed E-state index contributed by atoms with van der Waals surface area (Å²) in [5.74, 6) is 3.47. The van der Waals surface area contributed by atoms with Crippen molar-refractivity contribution >= 4 is 16.6 Å². The zero-order valence-corrected chi connectivity index (χ0v) is 33.8. The standard InChI is InChI=1S/C40H72O2Si2/c1-28(2)29(3)19-20-30(4)35-23-24-36-32(18-17-25-40(35,36)12)21-22-33-26-34(41-43(13,14)38(6,7)8)27-37(31(33)5)42-44(15,16)39(9,10)11/h19-22,28-30,34-37H,5,17-18,23-27H2,1-4,6-16H3/b20-19+,32-21?,33-22+/t29-,30+,34+,35+,36-,37+,40+/m0/s1. The molecular weight excluding hydrogens is 569 g/mol. The molecule has 0 bridgehead atoms. The van der Waals surface area contributed by atoms with Gasteiger partial charge in [-0.05, 0) is 121 Å². The Morgan fingerprint density at radius 1 is 0.864 bits per heavy atom. The molecule has 0 N–H and O–H groups in total. The highest BCUT2D eigenvalue weighted by Crippen LogP contribution is 2.59. The van der Waals surface area contributed by atoms with E-state index in [4.69, 9.17) is 15.4 Å². The zero-order valence-electron chi connectivity index (χ0n) is 31.8. The summed E-state index contributed by atoms with van der Waals surface area (Å²) in [5, 5.41) is 0.352. The summed E-state index contributed by atoms with van der Waals surface area (Å²) in [4.78, 5) is 0. The van der Waals surface area contributed by atoms with Crippen LogP contribution >= 0.6 is 0 Å². The van der Waals surface area contributed by atoms with Crippen LogP contribution in [0.4, 0.5) is 0 Å². The molecule has 3 aliphatic rings. The maximum Gasteiger partial charge on any atom is 0.192 e. The highest BCUT2D eigenvalue weighted by atomic mass is 28.4. The molecule has 4 heteroatoms. The first kappa shape index (κ1) is 37.8. The number of hydrogen-bond acceptors (Lipinski definition) is 2. The van der Waals surface area contributed by atoms with E-state index in [1.165, 1.54) is 43.3 Å². The summed E-state index contributed by atoms with van der Waals surface area (Å²) in [6, 6.07) is 0. The molecule has 0 aromatic rings. The van der Waals surface area contributed by atoms with E-state index in [1.807, 2.05) is 0 Å². The van der Waals surface area contributed by atoms with Crippen LogP contribution < -0.4 is 0 Å². The Labute approximate surface area is 276 Å². The third-order valence-electron chi connectivity index (χ3n) is 13.2. The van der Waals surface area contributed by atoms with Gasteiger partial charge in [-0.25, -0.2) is 0 Å². The lowest BCUT2D eigenvalue weighted by atomic mass is 9.61. The van der Waals surface area contributed by atoms with Gasteiger partial charge in [0.25, 0.3) is 0 Å². The highest BCUT2D eigenvalue weighted by molar-refractivity contribution is 6.74. The van der Waals surface area contributed by atoms with Crippen LogP contribution in [0.15, 0.2) is 47.6 Å². The van der Waals surface area contributed by atoms with Gasteiger partial charge >= 0.3 is 0 Å². The molecule has 0 aliphatic heterocycles. The SMILES string of the molecule is C=C1/C(=C/C=C2CCC[C@]3(C)[C@@H]([C@H](C)/C=C/[C@H](C)C(C)C)CC[C@@H]23)C[C@@H](O[Si](C)(C)C(C)(C)C)C[C@H]1O[Si](C)(C)C(C)(C)C. The van der Waals surface area contributed by atoms with Gasteiger partial charge in [0.05, 0.1) is 12.2 Å². The molecule has 0 aromatic carbocycles. The summed E-state index contributed by atoms with van der Waals surface area (Å²) in [6.07, 6.45) is 18.8.